The molecule has 1 aliphatic heterocycles. The largest absolute Gasteiger partial charge is 0.281 e. The van der Waals surface area contributed by atoms with Gasteiger partial charge in [-0.05, 0) is 81.9 Å². The third-order valence-electron chi connectivity index (χ3n) is 9.59. The van der Waals surface area contributed by atoms with Crippen molar-refractivity contribution in [3.8, 4) is 5.69 Å². The Bertz CT molecular complexity index is 2250. The van der Waals surface area contributed by atoms with Gasteiger partial charge in [0.05, 0.1) is 22.1 Å². The fourth-order valence-electron chi connectivity index (χ4n) is 7.42. The number of hydrogen-bond donors (Lipinski definition) is 0. The van der Waals surface area contributed by atoms with Crippen molar-refractivity contribution in [2.75, 3.05) is 0 Å². The molecule has 0 fully saturated rings. The van der Waals surface area contributed by atoms with E-state index in [0.29, 0.717) is 0 Å². The van der Waals surface area contributed by atoms with Crippen LogP contribution >= 0.6 is 0 Å². The average molecular weight is 560 g/mol. The maximum absolute atomic E-state index is 5.30. The van der Waals surface area contributed by atoms with Gasteiger partial charge in [-0.1, -0.05) is 113 Å². The number of aryl methyl sites for hydroxylation is 2. The summed E-state index contributed by atoms with van der Waals surface area (Å²) in [6.07, 6.45) is 0. The Morgan fingerprint density at radius 1 is 0.698 bits per heavy atom. The second-order valence-electron chi connectivity index (χ2n) is 14.7. The Balaban J connectivity index is 1.61. The Kier molecular flexibility index (Phi) is 5.28. The Hall–Kier alpha value is -4.31. The van der Waals surface area contributed by atoms with Gasteiger partial charge in [0.25, 0.3) is 0 Å². The third-order valence-corrected chi connectivity index (χ3v) is 9.59. The van der Waals surface area contributed by atoms with Crippen LogP contribution in [-0.4, -0.2) is 20.7 Å². The second-order valence-corrected chi connectivity index (χ2v) is 14.7. The Morgan fingerprint density at radius 3 is 2.09 bits per heavy atom. The number of para-hydroxylation sites is 3. The van der Waals surface area contributed by atoms with E-state index in [9.17, 15) is 0 Å². The van der Waals surface area contributed by atoms with Gasteiger partial charge in [0.15, 0.2) is 0 Å². The van der Waals surface area contributed by atoms with Gasteiger partial charge in [-0.2, -0.15) is 0 Å². The van der Waals surface area contributed by atoms with Gasteiger partial charge in [0, 0.05) is 11.1 Å². The molecule has 3 nitrogen and oxygen atoms in total. The first kappa shape index (κ1) is 26.3. The van der Waals surface area contributed by atoms with Gasteiger partial charge < -0.3 is 0 Å². The highest BCUT2D eigenvalue weighted by atomic mass is 15.2. The molecule has 0 radical (unpaired) electrons. The quantitative estimate of drug-likeness (QED) is 0.190. The van der Waals surface area contributed by atoms with Crippen molar-refractivity contribution >= 4 is 61.7 Å². The summed E-state index contributed by atoms with van der Waals surface area (Å²) in [6, 6.07) is 32.1. The topological polar surface area (TPSA) is 22.2 Å². The highest BCUT2D eigenvalue weighted by Crippen LogP contribution is 2.36. The summed E-state index contributed by atoms with van der Waals surface area (Å²) in [5, 5.41) is 2.60. The van der Waals surface area contributed by atoms with Crippen LogP contribution in [-0.2, 0) is 10.8 Å². The molecule has 1 aliphatic rings. The maximum Gasteiger partial charge on any atom is 0.247 e. The number of benzene rings is 5. The molecule has 0 saturated carbocycles. The van der Waals surface area contributed by atoms with Gasteiger partial charge in [-0.15, -0.1) is 0 Å². The van der Waals surface area contributed by atoms with Crippen LogP contribution in [0.5, 0.6) is 0 Å². The van der Waals surface area contributed by atoms with Crippen molar-refractivity contribution in [2.24, 2.45) is 0 Å². The standard InChI is InChI=1S/C39H38BN3/c1-23-17-25-19-24(2)35-36-34(25)33(18-23)42-32-16-12-10-14-30(32)41-37(42)43(36)31-15-11-9-13-29(31)40(35)28-21-26(38(3,4)5)20-27(22-28)39(6,7)8/h9-22H,1-8H3. The van der Waals surface area contributed by atoms with E-state index in [-0.39, 0.29) is 17.5 Å². The summed E-state index contributed by atoms with van der Waals surface area (Å²) in [6.45, 7) is 18.6. The second kappa shape index (κ2) is 8.63. The van der Waals surface area contributed by atoms with E-state index < -0.39 is 0 Å². The van der Waals surface area contributed by atoms with E-state index in [4.69, 9.17) is 4.98 Å². The predicted molar refractivity (Wildman–Crippen MR) is 185 cm³/mol. The lowest BCUT2D eigenvalue weighted by atomic mass is 9.34. The number of imidazole rings is 1. The van der Waals surface area contributed by atoms with Crippen LogP contribution < -0.4 is 16.4 Å². The van der Waals surface area contributed by atoms with E-state index in [0.717, 1.165) is 16.8 Å². The van der Waals surface area contributed by atoms with Crippen LogP contribution in [0.3, 0.4) is 0 Å². The predicted octanol–water partition coefficient (Wildman–Crippen LogP) is 7.63. The summed E-state index contributed by atoms with van der Waals surface area (Å²) in [5.41, 5.74) is 15.4. The highest BCUT2D eigenvalue weighted by molar-refractivity contribution is 6.98. The number of hydrogen-bond acceptors (Lipinski definition) is 1. The van der Waals surface area contributed by atoms with Crippen molar-refractivity contribution < 1.29 is 0 Å². The zero-order valence-electron chi connectivity index (χ0n) is 26.5. The van der Waals surface area contributed by atoms with E-state index in [1.165, 1.54) is 66.1 Å². The van der Waals surface area contributed by atoms with Crippen LogP contribution in [0.1, 0.15) is 63.8 Å². The molecule has 0 atom stereocenters. The fraction of sp³-hybridized carbons (Fsp3) is 0.256. The van der Waals surface area contributed by atoms with Crippen LogP contribution in [0.15, 0.2) is 84.9 Å². The van der Waals surface area contributed by atoms with Gasteiger partial charge in [0.2, 0.25) is 12.5 Å². The smallest absolute Gasteiger partial charge is 0.247 e. The molecule has 0 saturated heterocycles. The lowest BCUT2D eigenvalue weighted by Crippen LogP contribution is -2.57. The first-order valence-corrected chi connectivity index (χ1v) is 15.5. The van der Waals surface area contributed by atoms with E-state index >= 15 is 0 Å². The normalized spacial score (nSPS) is 13.5. The molecule has 0 unspecified atom stereocenters. The molecule has 212 valence electrons. The van der Waals surface area contributed by atoms with Crippen LogP contribution in [0.2, 0.25) is 0 Å². The average Bonchev–Trinajstić information content (AvgIpc) is 3.34. The van der Waals surface area contributed by atoms with Crippen molar-refractivity contribution in [3.05, 3.63) is 107 Å². The van der Waals surface area contributed by atoms with Crippen molar-refractivity contribution in [2.45, 2.75) is 66.2 Å². The van der Waals surface area contributed by atoms with Gasteiger partial charge in [-0.25, -0.2) is 4.98 Å². The molecule has 4 heteroatoms. The SMILES string of the molecule is Cc1cc2cc(C)c3c4c2c(c1)n1c2ccccc2nc1n4-c1ccccc1B3c1cc(C(C)(C)C)cc(C(C)(C)C)c1. The number of rotatable bonds is 1. The maximum atomic E-state index is 5.30. The molecule has 8 rings (SSSR count). The molecular formula is C39H38BN3. The van der Waals surface area contributed by atoms with E-state index in [1.807, 2.05) is 0 Å². The lowest BCUT2D eigenvalue weighted by molar-refractivity contribution is 0.569. The number of fused-ring (bicyclic) bond motifs is 7. The molecule has 3 heterocycles. The number of nitrogens with zero attached hydrogens (tertiary/aromatic N) is 3. The molecule has 5 aromatic carbocycles. The summed E-state index contributed by atoms with van der Waals surface area (Å²) in [5.74, 6) is 0.970. The zero-order chi connectivity index (χ0) is 30.0. The molecule has 0 amide bonds. The highest BCUT2D eigenvalue weighted by Gasteiger charge is 2.36. The van der Waals surface area contributed by atoms with E-state index in [2.05, 4.69) is 149 Å². The summed E-state index contributed by atoms with van der Waals surface area (Å²) in [7, 11) is 0. The third kappa shape index (κ3) is 3.72. The molecule has 43 heavy (non-hydrogen) atoms. The summed E-state index contributed by atoms with van der Waals surface area (Å²) < 4.78 is 4.84. The molecule has 0 aliphatic carbocycles. The monoisotopic (exact) mass is 559 g/mol. The van der Waals surface area contributed by atoms with Crippen molar-refractivity contribution in [3.63, 3.8) is 0 Å². The molecule has 7 aromatic rings. The Morgan fingerprint density at radius 2 is 1.37 bits per heavy atom. The number of aromatic nitrogens is 3. The van der Waals surface area contributed by atoms with Gasteiger partial charge in [0.1, 0.15) is 0 Å². The van der Waals surface area contributed by atoms with Crippen LogP contribution in [0.25, 0.3) is 44.3 Å². The van der Waals surface area contributed by atoms with Crippen LogP contribution in [0, 0.1) is 13.8 Å². The fourth-order valence-corrected chi connectivity index (χ4v) is 7.42. The molecule has 2 aromatic heterocycles. The minimum atomic E-state index is 0.0402. The molecule has 0 N–H and O–H groups in total. The van der Waals surface area contributed by atoms with Crippen molar-refractivity contribution in [1.82, 2.24) is 14.0 Å². The zero-order valence-corrected chi connectivity index (χ0v) is 26.5. The lowest BCUT2D eigenvalue weighted by Gasteiger charge is -2.33. The summed E-state index contributed by atoms with van der Waals surface area (Å²) in [4.78, 5) is 5.30. The van der Waals surface area contributed by atoms with Crippen LogP contribution in [0.4, 0.5) is 0 Å². The minimum Gasteiger partial charge on any atom is -0.281 e. The van der Waals surface area contributed by atoms with E-state index in [1.54, 1.807) is 0 Å². The van der Waals surface area contributed by atoms with Gasteiger partial charge in [-0.3, -0.25) is 8.97 Å². The van der Waals surface area contributed by atoms with Crippen molar-refractivity contribution in [1.29, 1.82) is 0 Å². The summed E-state index contributed by atoms with van der Waals surface area (Å²) >= 11 is 0. The first-order valence-electron chi connectivity index (χ1n) is 15.5. The minimum absolute atomic E-state index is 0.0402. The molecule has 0 bridgehead atoms. The first-order chi connectivity index (χ1) is 20.4. The van der Waals surface area contributed by atoms with Gasteiger partial charge >= 0.3 is 0 Å². The molecular weight excluding hydrogens is 521 g/mol. The Labute approximate surface area is 254 Å². The molecule has 0 spiro atoms.